The smallest absolute Gasteiger partial charge is 0.272 e. The number of carbonyl (C=O) groups is 1. The van der Waals surface area contributed by atoms with Crippen molar-refractivity contribution in [3.05, 3.63) is 51.8 Å². The molecule has 0 aliphatic carbocycles. The lowest BCUT2D eigenvalue weighted by Crippen LogP contribution is -2.38. The Labute approximate surface area is 144 Å². The van der Waals surface area contributed by atoms with Crippen LogP contribution in [0.2, 0.25) is 5.02 Å². The fraction of sp³-hybridized carbons (Fsp3) is 0.412. The third-order valence-electron chi connectivity index (χ3n) is 4.63. The van der Waals surface area contributed by atoms with Gasteiger partial charge in [-0.1, -0.05) is 23.7 Å². The zero-order valence-electron chi connectivity index (χ0n) is 13.1. The highest BCUT2D eigenvalue weighted by Crippen LogP contribution is 2.30. The fourth-order valence-corrected chi connectivity index (χ4v) is 3.49. The molecule has 2 aliphatic rings. The lowest BCUT2D eigenvalue weighted by molar-refractivity contribution is 0.0817. The number of benzene rings is 1. The molecule has 2 unspecified atom stereocenters. The second-order valence-corrected chi connectivity index (χ2v) is 6.60. The molecule has 3 N–H and O–H groups in total. The number of aromatic amines is 1. The van der Waals surface area contributed by atoms with Gasteiger partial charge in [0.05, 0.1) is 6.04 Å². The Kier molecular flexibility index (Phi) is 4.26. The summed E-state index contributed by atoms with van der Waals surface area (Å²) < 4.78 is 5.82. The molecule has 0 saturated carbocycles. The molecule has 2 atom stereocenters. The van der Waals surface area contributed by atoms with Crippen molar-refractivity contribution >= 4 is 17.5 Å². The number of fused-ring (bicyclic) bond motifs is 1. The van der Waals surface area contributed by atoms with Gasteiger partial charge in [0.2, 0.25) is 0 Å². The average molecular weight is 347 g/mol. The number of rotatable bonds is 3. The summed E-state index contributed by atoms with van der Waals surface area (Å²) in [6, 6.07) is 7.50. The molecule has 126 valence electrons. The Morgan fingerprint density at radius 3 is 3.00 bits per heavy atom. The molecule has 1 amide bonds. The Morgan fingerprint density at radius 1 is 1.33 bits per heavy atom. The fourth-order valence-electron chi connectivity index (χ4n) is 3.37. The summed E-state index contributed by atoms with van der Waals surface area (Å²) in [5, 5.41) is 14.3. The van der Waals surface area contributed by atoms with Gasteiger partial charge in [-0.2, -0.15) is 5.10 Å². The summed E-state index contributed by atoms with van der Waals surface area (Å²) in [7, 11) is 0. The molecular formula is C17H19ClN4O2. The van der Waals surface area contributed by atoms with E-state index >= 15 is 0 Å². The third kappa shape index (κ3) is 2.92. The maximum Gasteiger partial charge on any atom is 0.272 e. The normalized spacial score (nSPS) is 23.0. The van der Waals surface area contributed by atoms with E-state index < -0.39 is 0 Å². The number of halogens is 1. The molecule has 2 aromatic rings. The van der Waals surface area contributed by atoms with E-state index in [1.54, 1.807) is 0 Å². The van der Waals surface area contributed by atoms with Crippen LogP contribution in [-0.4, -0.2) is 35.3 Å². The summed E-state index contributed by atoms with van der Waals surface area (Å²) in [6.45, 7) is 2.21. The van der Waals surface area contributed by atoms with Crippen molar-refractivity contribution in [2.75, 3.05) is 13.2 Å². The molecular weight excluding hydrogens is 328 g/mol. The van der Waals surface area contributed by atoms with Crippen LogP contribution in [0.4, 0.5) is 0 Å². The van der Waals surface area contributed by atoms with Crippen LogP contribution in [0.1, 0.15) is 39.8 Å². The molecule has 0 bridgehead atoms. The topological polar surface area (TPSA) is 79.0 Å². The van der Waals surface area contributed by atoms with Gasteiger partial charge in [0, 0.05) is 42.4 Å². The number of H-pyrrole nitrogens is 1. The number of amides is 1. The highest BCUT2D eigenvalue weighted by molar-refractivity contribution is 6.30. The minimum absolute atomic E-state index is 0.0671. The molecule has 0 radical (unpaired) electrons. The predicted molar refractivity (Wildman–Crippen MR) is 90.0 cm³/mol. The molecule has 1 fully saturated rings. The first kappa shape index (κ1) is 15.6. The second kappa shape index (κ2) is 6.55. The van der Waals surface area contributed by atoms with E-state index in [0.717, 1.165) is 36.2 Å². The second-order valence-electron chi connectivity index (χ2n) is 6.17. The van der Waals surface area contributed by atoms with Crippen LogP contribution < -0.4 is 10.6 Å². The summed E-state index contributed by atoms with van der Waals surface area (Å²) in [4.78, 5) is 12.7. The Balaban J connectivity index is 1.50. The number of ether oxygens (including phenoxy) is 1. The van der Waals surface area contributed by atoms with Gasteiger partial charge >= 0.3 is 0 Å². The molecule has 1 aromatic heterocycles. The van der Waals surface area contributed by atoms with Crippen LogP contribution >= 0.6 is 11.6 Å². The lowest BCUT2D eigenvalue weighted by atomic mass is 10.0. The van der Waals surface area contributed by atoms with Crippen molar-refractivity contribution in [1.29, 1.82) is 0 Å². The van der Waals surface area contributed by atoms with Crippen molar-refractivity contribution in [1.82, 2.24) is 20.8 Å². The number of nitrogens with zero attached hydrogens (tertiary/aromatic N) is 1. The van der Waals surface area contributed by atoms with Crippen LogP contribution in [0, 0.1) is 0 Å². The zero-order chi connectivity index (χ0) is 16.5. The van der Waals surface area contributed by atoms with E-state index in [1.165, 1.54) is 0 Å². The van der Waals surface area contributed by atoms with Gasteiger partial charge in [0.25, 0.3) is 5.91 Å². The first-order chi connectivity index (χ1) is 11.7. The Morgan fingerprint density at radius 2 is 2.17 bits per heavy atom. The highest BCUT2D eigenvalue weighted by Gasteiger charge is 2.32. The van der Waals surface area contributed by atoms with Gasteiger partial charge in [-0.3, -0.25) is 9.89 Å². The Bertz CT molecular complexity index is 744. The molecule has 0 spiro atoms. The number of hydrogen-bond acceptors (Lipinski definition) is 4. The van der Waals surface area contributed by atoms with Crippen molar-refractivity contribution in [3.8, 4) is 0 Å². The minimum Gasteiger partial charge on any atom is -0.371 e. The van der Waals surface area contributed by atoms with Crippen molar-refractivity contribution in [3.63, 3.8) is 0 Å². The Hall–Kier alpha value is -1.89. The predicted octanol–water partition coefficient (Wildman–Crippen LogP) is 1.97. The van der Waals surface area contributed by atoms with E-state index in [1.807, 2.05) is 24.3 Å². The standard InChI is InChI=1S/C17H19ClN4O2/c18-11-3-1-10(2-4-11)16-14(6-8-24-16)20-17(23)15-12-9-19-7-5-13(12)21-22-15/h1-4,14,16,19H,5-9H2,(H,20,23)(H,21,22). The monoisotopic (exact) mass is 346 g/mol. The van der Waals surface area contributed by atoms with Crippen molar-refractivity contribution in [2.24, 2.45) is 0 Å². The van der Waals surface area contributed by atoms with Crippen LogP contribution in [0.25, 0.3) is 0 Å². The molecule has 1 saturated heterocycles. The highest BCUT2D eigenvalue weighted by atomic mass is 35.5. The lowest BCUT2D eigenvalue weighted by Gasteiger charge is -2.20. The van der Waals surface area contributed by atoms with E-state index in [-0.39, 0.29) is 18.1 Å². The van der Waals surface area contributed by atoms with Gasteiger partial charge in [-0.25, -0.2) is 0 Å². The number of aromatic nitrogens is 2. The van der Waals surface area contributed by atoms with Gasteiger partial charge in [-0.05, 0) is 24.1 Å². The zero-order valence-corrected chi connectivity index (χ0v) is 13.9. The molecule has 3 heterocycles. The van der Waals surface area contributed by atoms with Gasteiger partial charge < -0.3 is 15.4 Å². The first-order valence-corrected chi connectivity index (χ1v) is 8.55. The van der Waals surface area contributed by atoms with Crippen LogP contribution in [0.5, 0.6) is 0 Å². The van der Waals surface area contributed by atoms with E-state index in [0.29, 0.717) is 23.9 Å². The van der Waals surface area contributed by atoms with Crippen LogP contribution in [0.15, 0.2) is 24.3 Å². The van der Waals surface area contributed by atoms with E-state index in [4.69, 9.17) is 16.3 Å². The maximum absolute atomic E-state index is 12.7. The van der Waals surface area contributed by atoms with Gasteiger partial charge in [-0.15, -0.1) is 0 Å². The minimum atomic E-state index is -0.154. The molecule has 7 heteroatoms. The molecule has 2 aliphatic heterocycles. The molecule has 1 aromatic carbocycles. The van der Waals surface area contributed by atoms with E-state index in [2.05, 4.69) is 20.8 Å². The molecule has 24 heavy (non-hydrogen) atoms. The van der Waals surface area contributed by atoms with E-state index in [9.17, 15) is 4.79 Å². The summed E-state index contributed by atoms with van der Waals surface area (Å²) >= 11 is 5.95. The maximum atomic E-state index is 12.7. The average Bonchev–Trinajstić information content (AvgIpc) is 3.22. The summed E-state index contributed by atoms with van der Waals surface area (Å²) in [5.74, 6) is -0.148. The summed E-state index contributed by atoms with van der Waals surface area (Å²) in [5.41, 5.74) is 3.53. The summed E-state index contributed by atoms with van der Waals surface area (Å²) in [6.07, 6.45) is 1.50. The third-order valence-corrected chi connectivity index (χ3v) is 4.88. The quantitative estimate of drug-likeness (QED) is 0.794. The molecule has 6 nitrogen and oxygen atoms in total. The largest absolute Gasteiger partial charge is 0.371 e. The molecule has 4 rings (SSSR count). The number of nitrogens with one attached hydrogen (secondary N) is 3. The van der Waals surface area contributed by atoms with Gasteiger partial charge in [0.1, 0.15) is 6.10 Å². The number of hydrogen-bond donors (Lipinski definition) is 3. The van der Waals surface area contributed by atoms with Crippen LogP contribution in [-0.2, 0) is 17.7 Å². The van der Waals surface area contributed by atoms with Gasteiger partial charge in [0.15, 0.2) is 5.69 Å². The van der Waals surface area contributed by atoms with Crippen molar-refractivity contribution in [2.45, 2.75) is 31.5 Å². The first-order valence-electron chi connectivity index (χ1n) is 8.17. The number of carbonyl (C=O) groups excluding carboxylic acids is 1. The van der Waals surface area contributed by atoms with Crippen molar-refractivity contribution < 1.29 is 9.53 Å². The van der Waals surface area contributed by atoms with Crippen LogP contribution in [0.3, 0.4) is 0 Å². The SMILES string of the molecule is O=C(NC1CCOC1c1ccc(Cl)cc1)c1n[nH]c2c1CNCC2.